The van der Waals surface area contributed by atoms with Gasteiger partial charge in [0.25, 0.3) is 0 Å². The molecule has 19 heteroatoms. The summed E-state index contributed by atoms with van der Waals surface area (Å²) in [7, 11) is 3.85. The van der Waals surface area contributed by atoms with Crippen LogP contribution in [0, 0.1) is 11.6 Å². The zero-order valence-corrected chi connectivity index (χ0v) is 44.0. The number of rotatable bonds is 12. The van der Waals surface area contributed by atoms with Crippen molar-refractivity contribution in [3.8, 4) is 22.5 Å². The zero-order chi connectivity index (χ0) is 51.8. The van der Waals surface area contributed by atoms with E-state index in [-0.39, 0.29) is 22.6 Å². The van der Waals surface area contributed by atoms with Gasteiger partial charge in [-0.2, -0.15) is 10.2 Å². The molecule has 0 bridgehead atoms. The molecule has 0 amide bonds. The van der Waals surface area contributed by atoms with Crippen LogP contribution in [-0.4, -0.2) is 135 Å². The van der Waals surface area contributed by atoms with Crippen molar-refractivity contribution in [2.24, 2.45) is 14.1 Å². The van der Waals surface area contributed by atoms with Gasteiger partial charge in [0.15, 0.2) is 11.6 Å². The monoisotopic (exact) mass is 1010 g/mol. The maximum Gasteiger partial charge on any atom is 0.229 e. The van der Waals surface area contributed by atoms with Gasteiger partial charge in [0.2, 0.25) is 11.2 Å². The van der Waals surface area contributed by atoms with Crippen molar-refractivity contribution in [2.45, 2.75) is 66.5 Å². The predicted molar refractivity (Wildman–Crippen MR) is 288 cm³/mol. The molecule has 0 radical (unpaired) electrons. The largest absolute Gasteiger partial charge is 0.384 e. The van der Waals surface area contributed by atoms with E-state index in [2.05, 4.69) is 119 Å². The molecule has 2 saturated heterocycles. The fraction of sp³-hybridized carbons (Fsp3) is 0.407. The summed E-state index contributed by atoms with van der Waals surface area (Å²) >= 11 is 5.77. The standard InChI is InChI=1S/C27H33FN8.C15H14ClFN4.C12H20N4/c1-5-35-10-12-36(13-11-35)17-19-6-9-24(29-15-19)31-27-30-16-22(28)25(32-27)20-7-8-23-21(14-20)26(18(2)3)34(4)33-23;1-8(2)14-10-6-9(4-5-12(10)20-21(14)3)13-11(17)7-18-15(16)19-13;1-2-15-5-7-16(8-6-15)10-11-3-4-12(13)14-9-11/h6-9,14-16,18H,5,10-13,17H2,1-4H3,(H,29,30,31,32);4-8H,1-3H3;3-4,9H,2,5-8,10H2,1H3,(H2,13,14). The Morgan fingerprint density at radius 1 is 0.575 bits per heavy atom. The minimum absolute atomic E-state index is 0.0294. The van der Waals surface area contributed by atoms with E-state index >= 15 is 0 Å². The van der Waals surface area contributed by atoms with E-state index in [1.165, 1.54) is 24.8 Å². The molecule has 2 aliphatic heterocycles. The van der Waals surface area contributed by atoms with E-state index in [0.29, 0.717) is 34.6 Å². The Balaban J connectivity index is 0.000000162. The highest BCUT2D eigenvalue weighted by atomic mass is 35.5. The van der Waals surface area contributed by atoms with Crippen LogP contribution in [0.3, 0.4) is 0 Å². The van der Waals surface area contributed by atoms with Gasteiger partial charge in [-0.25, -0.2) is 38.7 Å². The Bertz CT molecular complexity index is 3090. The van der Waals surface area contributed by atoms with Crippen LogP contribution in [0.15, 0.2) is 85.5 Å². The second-order valence-corrected chi connectivity index (χ2v) is 19.5. The second kappa shape index (κ2) is 24.0. The van der Waals surface area contributed by atoms with Gasteiger partial charge in [-0.3, -0.25) is 19.2 Å². The number of halogens is 3. The van der Waals surface area contributed by atoms with Gasteiger partial charge in [-0.05, 0) is 84.1 Å². The highest BCUT2D eigenvalue weighted by Gasteiger charge is 2.20. The molecule has 8 heterocycles. The van der Waals surface area contributed by atoms with Crippen molar-refractivity contribution in [2.75, 3.05) is 76.5 Å². The number of pyridine rings is 2. The molecule has 0 saturated carbocycles. The number of nitrogens with one attached hydrogen (secondary N) is 1. The molecular weight excluding hydrogens is 946 g/mol. The minimum atomic E-state index is -0.492. The SMILES string of the molecule is CC(C)c1c2cc(-c3nc(Cl)ncc3F)ccc2nn1C.CCN1CCN(Cc2ccc(N)nc2)CC1.CCN1CCN(Cc2ccc(Nc3ncc(F)c(-c4ccc5nn(C)c(C(C)C)c5c4)n3)nc2)CC1. The summed E-state index contributed by atoms with van der Waals surface area (Å²) in [6.45, 7) is 26.1. The Kier molecular flexibility index (Phi) is 17.3. The number of nitrogens with zero attached hydrogens (tertiary/aromatic N) is 14. The lowest BCUT2D eigenvalue weighted by Gasteiger charge is -2.33. The lowest BCUT2D eigenvalue weighted by Crippen LogP contribution is -2.45. The lowest BCUT2D eigenvalue weighted by molar-refractivity contribution is 0.132. The van der Waals surface area contributed by atoms with Gasteiger partial charge in [-0.1, -0.05) is 65.8 Å². The lowest BCUT2D eigenvalue weighted by atomic mass is 10.0. The average molecular weight is 1010 g/mol. The maximum atomic E-state index is 14.8. The van der Waals surface area contributed by atoms with E-state index in [0.717, 1.165) is 110 Å². The normalized spacial score (nSPS) is 14.9. The average Bonchev–Trinajstić information content (AvgIpc) is 3.91. The molecule has 16 nitrogen and oxygen atoms in total. The predicted octanol–water partition coefficient (Wildman–Crippen LogP) is 9.32. The number of aromatic nitrogens is 10. The molecular formula is C54H67ClF2N16. The number of hydrogen-bond donors (Lipinski definition) is 2. The van der Waals surface area contributed by atoms with Crippen LogP contribution in [0.2, 0.25) is 5.28 Å². The molecule has 0 spiro atoms. The Hall–Kier alpha value is -6.57. The zero-order valence-electron chi connectivity index (χ0n) is 43.2. The van der Waals surface area contributed by atoms with E-state index in [9.17, 15) is 8.78 Å². The van der Waals surface area contributed by atoms with Crippen LogP contribution < -0.4 is 11.1 Å². The fourth-order valence-electron chi connectivity index (χ4n) is 9.56. The van der Waals surface area contributed by atoms with Gasteiger partial charge < -0.3 is 20.9 Å². The number of nitrogens with two attached hydrogens (primary N) is 1. The quantitative estimate of drug-likeness (QED) is 0.111. The van der Waals surface area contributed by atoms with Crippen LogP contribution >= 0.6 is 11.6 Å². The van der Waals surface area contributed by atoms with Crippen LogP contribution in [0.5, 0.6) is 0 Å². The first-order chi connectivity index (χ1) is 35.2. The topological polar surface area (TPSA) is 164 Å². The summed E-state index contributed by atoms with van der Waals surface area (Å²) in [4.78, 5) is 34.8. The Morgan fingerprint density at radius 2 is 1.04 bits per heavy atom. The first-order valence-corrected chi connectivity index (χ1v) is 25.5. The molecule has 0 aliphatic carbocycles. The molecule has 10 rings (SSSR count). The number of hydrogen-bond acceptors (Lipinski definition) is 14. The third-order valence-corrected chi connectivity index (χ3v) is 13.6. The van der Waals surface area contributed by atoms with E-state index in [1.807, 2.05) is 78.3 Å². The molecule has 2 aromatic carbocycles. The smallest absolute Gasteiger partial charge is 0.229 e. The number of benzene rings is 2. The van der Waals surface area contributed by atoms with E-state index in [4.69, 9.17) is 17.3 Å². The van der Waals surface area contributed by atoms with Crippen molar-refractivity contribution in [1.82, 2.24) is 69.1 Å². The molecule has 8 aromatic rings. The molecule has 384 valence electrons. The van der Waals surface area contributed by atoms with Crippen molar-refractivity contribution in [3.05, 3.63) is 125 Å². The Labute approximate surface area is 431 Å². The van der Waals surface area contributed by atoms with Crippen LogP contribution in [0.4, 0.5) is 26.4 Å². The fourth-order valence-corrected chi connectivity index (χ4v) is 9.69. The van der Waals surface area contributed by atoms with Gasteiger partial charge >= 0.3 is 0 Å². The molecule has 2 fully saturated rings. The molecule has 6 aromatic heterocycles. The van der Waals surface area contributed by atoms with Gasteiger partial charge in [0, 0.05) is 125 Å². The first kappa shape index (κ1) is 52.7. The second-order valence-electron chi connectivity index (χ2n) is 19.2. The molecule has 0 unspecified atom stereocenters. The van der Waals surface area contributed by atoms with Crippen molar-refractivity contribution >= 4 is 51.0 Å². The summed E-state index contributed by atoms with van der Waals surface area (Å²) in [5.74, 6) is 1.16. The number of piperazine rings is 2. The Morgan fingerprint density at radius 3 is 1.49 bits per heavy atom. The number of fused-ring (bicyclic) bond motifs is 2. The van der Waals surface area contributed by atoms with Crippen LogP contribution in [0.25, 0.3) is 44.3 Å². The number of likely N-dealkylation sites (N-methyl/N-ethyl adjacent to an activating group) is 2. The van der Waals surface area contributed by atoms with E-state index in [1.54, 1.807) is 6.07 Å². The first-order valence-electron chi connectivity index (χ1n) is 25.1. The van der Waals surface area contributed by atoms with E-state index < -0.39 is 11.6 Å². The third-order valence-electron chi connectivity index (χ3n) is 13.4. The van der Waals surface area contributed by atoms with Crippen molar-refractivity contribution in [3.63, 3.8) is 0 Å². The van der Waals surface area contributed by atoms with Gasteiger partial charge in [-0.15, -0.1) is 0 Å². The van der Waals surface area contributed by atoms with Crippen LogP contribution in [-0.2, 0) is 27.2 Å². The summed E-state index contributed by atoms with van der Waals surface area (Å²) < 4.78 is 32.5. The third kappa shape index (κ3) is 13.2. The summed E-state index contributed by atoms with van der Waals surface area (Å²) in [6.07, 6.45) is 6.04. The highest BCUT2D eigenvalue weighted by molar-refractivity contribution is 6.28. The highest BCUT2D eigenvalue weighted by Crippen LogP contribution is 2.32. The number of anilines is 3. The molecule has 0 atom stereocenters. The van der Waals surface area contributed by atoms with Gasteiger partial charge in [0.1, 0.15) is 23.0 Å². The molecule has 3 N–H and O–H groups in total. The molecule has 73 heavy (non-hydrogen) atoms. The number of nitrogen functional groups attached to an aromatic ring is 1. The van der Waals surface area contributed by atoms with Crippen LogP contribution in [0.1, 0.15) is 75.9 Å². The molecule has 2 aliphatic rings. The minimum Gasteiger partial charge on any atom is -0.384 e. The summed E-state index contributed by atoms with van der Waals surface area (Å²) in [5.41, 5.74) is 13.8. The summed E-state index contributed by atoms with van der Waals surface area (Å²) in [5, 5.41) is 14.2. The summed E-state index contributed by atoms with van der Waals surface area (Å²) in [6, 6.07) is 19.2. The van der Waals surface area contributed by atoms with Crippen molar-refractivity contribution < 1.29 is 8.78 Å². The van der Waals surface area contributed by atoms with Crippen molar-refractivity contribution in [1.29, 1.82) is 0 Å². The maximum absolute atomic E-state index is 14.8. The van der Waals surface area contributed by atoms with Gasteiger partial charge in [0.05, 0.1) is 23.4 Å². The number of aryl methyl sites for hydroxylation is 2.